The van der Waals surface area contributed by atoms with Crippen LogP contribution in [0.3, 0.4) is 0 Å². The number of aliphatic imine (C=N–C) groups is 1. The van der Waals surface area contributed by atoms with Crippen LogP contribution >= 0.6 is 0 Å². The molecule has 0 fully saturated rings. The topological polar surface area (TPSA) is 194 Å². The van der Waals surface area contributed by atoms with Crippen LogP contribution in [0.25, 0.3) is 0 Å². The zero-order chi connectivity index (χ0) is 23.0. The van der Waals surface area contributed by atoms with Crippen molar-refractivity contribution < 1.29 is 40.9 Å². The molecular formula is C17H15N3O9S2. The van der Waals surface area contributed by atoms with Crippen LogP contribution in [0.2, 0.25) is 0 Å². The predicted molar refractivity (Wildman–Crippen MR) is 107 cm³/mol. The summed E-state index contributed by atoms with van der Waals surface area (Å²) in [6.45, 7) is 0. The SMILES string of the molecule is O=C(O)C1=NN(c2ccc(S(=O)(=O)O)cc2)C(O)C1N=Cc1ccc(S(=O)(=O)O)cc1. The Balaban J connectivity index is 1.87. The molecule has 2 atom stereocenters. The third-order valence-electron chi connectivity index (χ3n) is 4.21. The van der Waals surface area contributed by atoms with Gasteiger partial charge >= 0.3 is 5.97 Å². The van der Waals surface area contributed by atoms with Gasteiger partial charge in [0.2, 0.25) is 0 Å². The van der Waals surface area contributed by atoms with Crippen LogP contribution < -0.4 is 5.01 Å². The minimum Gasteiger partial charge on any atom is -0.477 e. The van der Waals surface area contributed by atoms with Crippen LogP contribution in [0, 0.1) is 0 Å². The molecule has 0 bridgehead atoms. The van der Waals surface area contributed by atoms with Gasteiger partial charge in [-0.05, 0) is 42.0 Å². The van der Waals surface area contributed by atoms with E-state index in [-0.39, 0.29) is 10.6 Å². The first kappa shape index (κ1) is 22.5. The lowest BCUT2D eigenvalue weighted by Crippen LogP contribution is -2.38. The average Bonchev–Trinajstić information content (AvgIpc) is 3.02. The molecule has 0 aliphatic carbocycles. The second-order valence-electron chi connectivity index (χ2n) is 6.28. The van der Waals surface area contributed by atoms with E-state index in [1.54, 1.807) is 0 Å². The Labute approximate surface area is 176 Å². The molecule has 1 aliphatic heterocycles. The first-order valence-corrected chi connectivity index (χ1v) is 11.2. The number of aliphatic hydroxyl groups excluding tert-OH is 1. The van der Waals surface area contributed by atoms with Gasteiger partial charge in [0, 0.05) is 6.21 Å². The maximum absolute atomic E-state index is 11.5. The largest absolute Gasteiger partial charge is 0.477 e. The fourth-order valence-electron chi connectivity index (χ4n) is 2.70. The number of benzene rings is 2. The monoisotopic (exact) mass is 469 g/mol. The summed E-state index contributed by atoms with van der Waals surface area (Å²) in [5, 5.41) is 24.7. The quantitative estimate of drug-likeness (QED) is 0.336. The molecule has 3 rings (SSSR count). The lowest BCUT2D eigenvalue weighted by molar-refractivity contribution is -0.129. The van der Waals surface area contributed by atoms with Gasteiger partial charge in [-0.1, -0.05) is 12.1 Å². The van der Waals surface area contributed by atoms with E-state index in [1.165, 1.54) is 30.5 Å². The van der Waals surface area contributed by atoms with E-state index in [0.717, 1.165) is 29.3 Å². The highest BCUT2D eigenvalue weighted by molar-refractivity contribution is 7.86. The highest BCUT2D eigenvalue weighted by Crippen LogP contribution is 2.26. The minimum absolute atomic E-state index is 0.147. The highest BCUT2D eigenvalue weighted by Gasteiger charge is 2.40. The van der Waals surface area contributed by atoms with Crippen molar-refractivity contribution in [2.45, 2.75) is 22.1 Å². The Morgan fingerprint density at radius 3 is 1.87 bits per heavy atom. The molecule has 164 valence electrons. The van der Waals surface area contributed by atoms with Crippen LogP contribution in [0.4, 0.5) is 5.69 Å². The van der Waals surface area contributed by atoms with E-state index < -0.39 is 49.1 Å². The molecule has 1 aliphatic rings. The lowest BCUT2D eigenvalue weighted by Gasteiger charge is -2.21. The summed E-state index contributed by atoms with van der Waals surface area (Å²) in [5.41, 5.74) is 0.0197. The third kappa shape index (κ3) is 4.95. The molecule has 2 aromatic carbocycles. The number of hydrogen-bond acceptors (Lipinski definition) is 9. The molecule has 12 nitrogen and oxygen atoms in total. The Kier molecular flexibility index (Phi) is 5.93. The Bertz CT molecular complexity index is 1270. The van der Waals surface area contributed by atoms with Gasteiger partial charge in [0.05, 0.1) is 15.5 Å². The average molecular weight is 469 g/mol. The number of anilines is 1. The van der Waals surface area contributed by atoms with Crippen LogP contribution in [0.5, 0.6) is 0 Å². The van der Waals surface area contributed by atoms with Crippen molar-refractivity contribution in [1.82, 2.24) is 0 Å². The van der Waals surface area contributed by atoms with E-state index >= 15 is 0 Å². The second kappa shape index (κ2) is 8.16. The molecule has 14 heteroatoms. The summed E-state index contributed by atoms with van der Waals surface area (Å²) >= 11 is 0. The van der Waals surface area contributed by atoms with Crippen LogP contribution in [-0.2, 0) is 25.0 Å². The fourth-order valence-corrected chi connectivity index (χ4v) is 3.66. The van der Waals surface area contributed by atoms with Gasteiger partial charge in [-0.25, -0.2) is 9.80 Å². The molecule has 0 saturated carbocycles. The van der Waals surface area contributed by atoms with E-state index in [4.69, 9.17) is 9.11 Å². The Morgan fingerprint density at radius 1 is 0.935 bits per heavy atom. The Hall–Kier alpha value is -3.17. The van der Waals surface area contributed by atoms with E-state index in [9.17, 15) is 31.8 Å². The number of carbonyl (C=O) groups is 1. The fraction of sp³-hybridized carbons (Fsp3) is 0.118. The molecular weight excluding hydrogens is 454 g/mol. The van der Waals surface area contributed by atoms with E-state index in [0.29, 0.717) is 5.56 Å². The molecule has 0 spiro atoms. The minimum atomic E-state index is -4.43. The van der Waals surface area contributed by atoms with Gasteiger partial charge in [0.15, 0.2) is 11.9 Å². The smallest absolute Gasteiger partial charge is 0.354 e. The van der Waals surface area contributed by atoms with Crippen molar-refractivity contribution >= 4 is 43.8 Å². The maximum atomic E-state index is 11.5. The predicted octanol–water partition coefficient (Wildman–Crippen LogP) is 0.247. The Morgan fingerprint density at radius 2 is 1.42 bits per heavy atom. The summed E-state index contributed by atoms with van der Waals surface area (Å²) in [4.78, 5) is 14.8. The molecule has 31 heavy (non-hydrogen) atoms. The number of carboxylic acid groups (broad SMARTS) is 1. The van der Waals surface area contributed by atoms with Crippen LogP contribution in [0.1, 0.15) is 5.56 Å². The van der Waals surface area contributed by atoms with Gasteiger partial charge in [-0.3, -0.25) is 14.1 Å². The summed E-state index contributed by atoms with van der Waals surface area (Å²) in [7, 11) is -8.80. The maximum Gasteiger partial charge on any atom is 0.354 e. The first-order chi connectivity index (χ1) is 14.4. The standard InChI is InChI=1S/C17H15N3O9S2/c21-16-14(18-9-10-1-5-12(6-2-10)30(24,25)26)15(17(22)23)19-20(16)11-3-7-13(8-4-11)31(27,28)29/h1-9,14,16,21H,(H,22,23)(H,24,25,26)(H,27,28,29). The first-order valence-electron chi connectivity index (χ1n) is 8.35. The molecule has 0 aromatic heterocycles. The van der Waals surface area contributed by atoms with Gasteiger partial charge < -0.3 is 10.2 Å². The van der Waals surface area contributed by atoms with Crippen LogP contribution in [0.15, 0.2) is 68.4 Å². The molecule has 1 heterocycles. The summed E-state index contributed by atoms with van der Waals surface area (Å²) in [6, 6.07) is 8.11. The summed E-state index contributed by atoms with van der Waals surface area (Å²) in [5.74, 6) is -1.44. The zero-order valence-electron chi connectivity index (χ0n) is 15.3. The van der Waals surface area contributed by atoms with Crippen molar-refractivity contribution in [3.63, 3.8) is 0 Å². The molecule has 0 amide bonds. The van der Waals surface area contributed by atoms with Crippen molar-refractivity contribution in [2.75, 3.05) is 5.01 Å². The second-order valence-corrected chi connectivity index (χ2v) is 9.13. The van der Waals surface area contributed by atoms with Crippen molar-refractivity contribution in [1.29, 1.82) is 0 Å². The van der Waals surface area contributed by atoms with Gasteiger partial charge in [-0.15, -0.1) is 0 Å². The van der Waals surface area contributed by atoms with E-state index in [2.05, 4.69) is 10.1 Å². The van der Waals surface area contributed by atoms with Gasteiger partial charge in [0.1, 0.15) is 6.04 Å². The molecule has 2 aromatic rings. The van der Waals surface area contributed by atoms with Gasteiger partial charge in [-0.2, -0.15) is 21.9 Å². The van der Waals surface area contributed by atoms with Crippen molar-refractivity contribution in [2.24, 2.45) is 10.1 Å². The number of hydrogen-bond donors (Lipinski definition) is 4. The molecule has 0 radical (unpaired) electrons. The van der Waals surface area contributed by atoms with Crippen LogP contribution in [-0.4, -0.2) is 66.3 Å². The summed E-state index contributed by atoms with van der Waals surface area (Å²) in [6.07, 6.45) is -0.346. The van der Waals surface area contributed by atoms with Crippen molar-refractivity contribution in [3.05, 3.63) is 54.1 Å². The number of aliphatic carboxylic acids is 1. The number of carboxylic acids is 1. The normalized spacial score (nSPS) is 19.6. The third-order valence-corrected chi connectivity index (χ3v) is 5.94. The number of hydrazone groups is 1. The van der Waals surface area contributed by atoms with Crippen molar-refractivity contribution in [3.8, 4) is 0 Å². The lowest BCUT2D eigenvalue weighted by atomic mass is 10.1. The van der Waals surface area contributed by atoms with Gasteiger partial charge in [0.25, 0.3) is 20.2 Å². The number of rotatable bonds is 6. The van der Waals surface area contributed by atoms with E-state index in [1.807, 2.05) is 0 Å². The molecule has 4 N–H and O–H groups in total. The number of aliphatic hydroxyl groups is 1. The highest BCUT2D eigenvalue weighted by atomic mass is 32.2. The number of nitrogens with zero attached hydrogens (tertiary/aromatic N) is 3. The molecule has 0 saturated heterocycles. The zero-order valence-corrected chi connectivity index (χ0v) is 17.0. The summed E-state index contributed by atoms with van der Waals surface area (Å²) < 4.78 is 62.4. The molecule has 2 unspecified atom stereocenters.